The molecule has 10 aromatic rings. The fourth-order valence-corrected chi connectivity index (χ4v) is 14.2. The van der Waals surface area contributed by atoms with E-state index >= 15 is 0 Å². The number of nitrogens with zero attached hydrogens (tertiary/aromatic N) is 3. The van der Waals surface area contributed by atoms with Crippen molar-refractivity contribution in [2.24, 2.45) is 0 Å². The molecule has 0 spiro atoms. The van der Waals surface area contributed by atoms with Gasteiger partial charge in [0.05, 0.1) is 22.1 Å². The van der Waals surface area contributed by atoms with Crippen LogP contribution in [0.5, 0.6) is 0 Å². The minimum atomic E-state index is -2.89. The van der Waals surface area contributed by atoms with E-state index in [1.807, 2.05) is 11.3 Å². The van der Waals surface area contributed by atoms with Crippen LogP contribution in [-0.4, -0.2) is 22.0 Å². The maximum atomic E-state index is 5.20. The quantitative estimate of drug-likeness (QED) is 0.137. The van der Waals surface area contributed by atoms with E-state index in [0.717, 1.165) is 33.5 Å². The van der Waals surface area contributed by atoms with Crippen LogP contribution in [0.3, 0.4) is 0 Å². The number of thiophene rings is 1. The number of imidazole rings is 2. The maximum Gasteiger partial charge on any atom is 0.220 e. The average molecular weight is 648 g/mol. The number of aromatic nitrogens is 3. The fraction of sp³-hybridized carbons (Fsp3) is 0. The van der Waals surface area contributed by atoms with Crippen molar-refractivity contribution in [3.63, 3.8) is 0 Å². The zero-order chi connectivity index (χ0) is 31.7. The Morgan fingerprint density at radius 3 is 1.88 bits per heavy atom. The first-order valence-corrected chi connectivity index (χ1v) is 19.1. The van der Waals surface area contributed by atoms with Gasteiger partial charge in [-0.2, -0.15) is 0 Å². The van der Waals surface area contributed by atoms with E-state index in [4.69, 9.17) is 4.98 Å². The molecule has 0 saturated heterocycles. The van der Waals surface area contributed by atoms with Crippen molar-refractivity contribution >= 4 is 88.2 Å². The number of rotatable bonds is 5. The van der Waals surface area contributed by atoms with Gasteiger partial charge in [0, 0.05) is 25.9 Å². The van der Waals surface area contributed by atoms with Crippen LogP contribution in [0.1, 0.15) is 0 Å². The van der Waals surface area contributed by atoms with Crippen molar-refractivity contribution in [3.8, 4) is 5.69 Å². The third-order valence-electron chi connectivity index (χ3n) is 9.86. The summed E-state index contributed by atoms with van der Waals surface area (Å²) in [6, 6.07) is 64.7. The van der Waals surface area contributed by atoms with Crippen LogP contribution in [0.25, 0.3) is 53.7 Å². The normalized spacial score (nSPS) is 12.2. The minimum absolute atomic E-state index is 0.923. The maximum absolute atomic E-state index is 5.20. The predicted octanol–water partition coefficient (Wildman–Crippen LogP) is 8.18. The number of hydrogen-bond donors (Lipinski definition) is 0. The van der Waals surface area contributed by atoms with Gasteiger partial charge in [-0.3, -0.25) is 8.97 Å². The highest BCUT2D eigenvalue weighted by atomic mass is 32.1. The monoisotopic (exact) mass is 647 g/mol. The van der Waals surface area contributed by atoms with E-state index in [9.17, 15) is 0 Å². The molecule has 3 aromatic heterocycles. The molecule has 7 aromatic carbocycles. The number of benzene rings is 7. The first-order chi connectivity index (χ1) is 23.8. The van der Waals surface area contributed by atoms with Crippen LogP contribution in [0, 0.1) is 0 Å². The molecule has 48 heavy (non-hydrogen) atoms. The zero-order valence-corrected chi connectivity index (χ0v) is 27.8. The van der Waals surface area contributed by atoms with Crippen LogP contribution in [-0.2, 0) is 0 Å². The largest absolute Gasteiger partial charge is 0.278 e. The molecular weight excluding hydrogens is 619 g/mol. The molecule has 0 unspecified atom stereocenters. The van der Waals surface area contributed by atoms with Crippen LogP contribution in [0.4, 0.5) is 0 Å². The molecule has 0 atom stereocenters. The lowest BCUT2D eigenvalue weighted by molar-refractivity contribution is 1.11. The molecule has 0 aliphatic rings. The molecule has 226 valence electrons. The molecule has 10 rings (SSSR count). The Morgan fingerprint density at radius 1 is 0.479 bits per heavy atom. The van der Waals surface area contributed by atoms with E-state index in [1.54, 1.807) is 0 Å². The van der Waals surface area contributed by atoms with Gasteiger partial charge in [-0.05, 0) is 69.3 Å². The third kappa shape index (κ3) is 3.83. The molecule has 0 aliphatic heterocycles. The van der Waals surface area contributed by atoms with Crippen molar-refractivity contribution in [1.29, 1.82) is 0 Å². The van der Waals surface area contributed by atoms with Gasteiger partial charge in [-0.25, -0.2) is 4.98 Å². The highest BCUT2D eigenvalue weighted by Gasteiger charge is 2.43. The number of para-hydroxylation sites is 4. The van der Waals surface area contributed by atoms with Crippen molar-refractivity contribution in [3.05, 3.63) is 176 Å². The molecular formula is C43H29N3SSi. The van der Waals surface area contributed by atoms with Gasteiger partial charge in [0.1, 0.15) is 0 Å². The minimum Gasteiger partial charge on any atom is -0.278 e. The van der Waals surface area contributed by atoms with E-state index in [2.05, 4.69) is 185 Å². The van der Waals surface area contributed by atoms with Gasteiger partial charge in [-0.1, -0.05) is 127 Å². The van der Waals surface area contributed by atoms with Crippen LogP contribution in [0.15, 0.2) is 176 Å². The lowest BCUT2D eigenvalue weighted by Crippen LogP contribution is -2.74. The molecule has 0 saturated carbocycles. The standard InChI is InChI=1S/C43H29N3SSi/c1-3-16-31(17-4-1)48(32-18-5-2-6-19-32,41-28-14-27-40-42(41)34-21-7-12-26-39(34)47-40)33-20-13-15-30(29-33)45-37-24-10-11-25-38(37)46-36-23-9-8-22-35(36)44-43(45)46/h1-29H. The predicted molar refractivity (Wildman–Crippen MR) is 206 cm³/mol. The first-order valence-electron chi connectivity index (χ1n) is 16.3. The van der Waals surface area contributed by atoms with E-state index in [-0.39, 0.29) is 0 Å². The van der Waals surface area contributed by atoms with Crippen LogP contribution in [0.2, 0.25) is 0 Å². The summed E-state index contributed by atoms with van der Waals surface area (Å²) in [7, 11) is -2.89. The summed E-state index contributed by atoms with van der Waals surface area (Å²) in [5, 5.41) is 8.19. The summed E-state index contributed by atoms with van der Waals surface area (Å²) in [5.41, 5.74) is 5.51. The molecule has 3 heterocycles. The van der Waals surface area contributed by atoms with Crippen molar-refractivity contribution in [2.45, 2.75) is 0 Å². The molecule has 5 heteroatoms. The Morgan fingerprint density at radius 2 is 1.08 bits per heavy atom. The second-order valence-electron chi connectivity index (χ2n) is 12.4. The molecule has 0 N–H and O–H groups in total. The van der Waals surface area contributed by atoms with Gasteiger partial charge in [0.25, 0.3) is 0 Å². The van der Waals surface area contributed by atoms with Gasteiger partial charge in [0.2, 0.25) is 5.78 Å². The third-order valence-corrected chi connectivity index (χ3v) is 15.8. The lowest BCUT2D eigenvalue weighted by Gasteiger charge is -2.35. The fourth-order valence-electron chi connectivity index (χ4n) is 7.91. The summed E-state index contributed by atoms with van der Waals surface area (Å²) >= 11 is 1.89. The van der Waals surface area contributed by atoms with Gasteiger partial charge < -0.3 is 0 Å². The Bertz CT molecular complexity index is 2750. The van der Waals surface area contributed by atoms with E-state index in [0.29, 0.717) is 0 Å². The molecule has 0 aliphatic carbocycles. The van der Waals surface area contributed by atoms with E-state index in [1.165, 1.54) is 40.9 Å². The topological polar surface area (TPSA) is 22.2 Å². The second kappa shape index (κ2) is 10.6. The summed E-state index contributed by atoms with van der Waals surface area (Å²) in [6.45, 7) is 0. The van der Waals surface area contributed by atoms with Gasteiger partial charge in [0.15, 0.2) is 8.07 Å². The molecule has 0 amide bonds. The Hall–Kier alpha value is -5.75. The molecule has 0 radical (unpaired) electrons. The number of hydrogen-bond acceptors (Lipinski definition) is 2. The Balaban J connectivity index is 1.35. The highest BCUT2D eigenvalue weighted by Crippen LogP contribution is 2.34. The highest BCUT2D eigenvalue weighted by molar-refractivity contribution is 7.27. The van der Waals surface area contributed by atoms with Crippen LogP contribution < -0.4 is 20.7 Å². The van der Waals surface area contributed by atoms with Crippen molar-refractivity contribution < 1.29 is 0 Å². The Kier molecular flexibility index (Phi) is 6.07. The smallest absolute Gasteiger partial charge is 0.220 e. The molecule has 3 nitrogen and oxygen atoms in total. The molecule has 0 bridgehead atoms. The zero-order valence-electron chi connectivity index (χ0n) is 26.0. The molecule has 0 fully saturated rings. The lowest BCUT2D eigenvalue weighted by atomic mass is 10.1. The summed E-state index contributed by atoms with van der Waals surface area (Å²) < 4.78 is 7.30. The van der Waals surface area contributed by atoms with E-state index < -0.39 is 8.07 Å². The summed E-state index contributed by atoms with van der Waals surface area (Å²) in [4.78, 5) is 5.20. The summed E-state index contributed by atoms with van der Waals surface area (Å²) in [5.74, 6) is 0.923. The van der Waals surface area contributed by atoms with Crippen molar-refractivity contribution in [2.75, 3.05) is 0 Å². The second-order valence-corrected chi connectivity index (χ2v) is 17.2. The van der Waals surface area contributed by atoms with Crippen LogP contribution >= 0.6 is 11.3 Å². The average Bonchev–Trinajstić information content (AvgIpc) is 3.82. The van der Waals surface area contributed by atoms with Gasteiger partial charge in [-0.15, -0.1) is 11.3 Å². The van der Waals surface area contributed by atoms with Crippen molar-refractivity contribution in [1.82, 2.24) is 14.0 Å². The SMILES string of the molecule is c1ccc([Si](c2ccccc2)(c2cccc(-n3c4ccccc4n4c5ccccc5nc34)c2)c2cccc3sc4ccccc4c23)cc1. The summed E-state index contributed by atoms with van der Waals surface area (Å²) in [6.07, 6.45) is 0. The first kappa shape index (κ1) is 27.4. The Labute approximate surface area is 282 Å². The van der Waals surface area contributed by atoms with Gasteiger partial charge >= 0.3 is 0 Å². The number of fused-ring (bicyclic) bond motifs is 8.